The summed E-state index contributed by atoms with van der Waals surface area (Å²) in [5.41, 5.74) is 0.354. The summed E-state index contributed by atoms with van der Waals surface area (Å²) in [7, 11) is 2.23. The van der Waals surface area contributed by atoms with E-state index in [4.69, 9.17) is 0 Å². The normalized spacial score (nSPS) is 28.2. The fourth-order valence-corrected chi connectivity index (χ4v) is 1.97. The molecule has 1 fully saturated rings. The topological polar surface area (TPSA) is 15.3 Å². The first-order chi connectivity index (χ1) is 5.55. The van der Waals surface area contributed by atoms with Gasteiger partial charge in [-0.25, -0.2) is 0 Å². The second kappa shape index (κ2) is 3.75. The summed E-state index contributed by atoms with van der Waals surface area (Å²) in [6.45, 7) is 9.19. The predicted molar refractivity (Wildman–Crippen MR) is 53.4 cm³/mol. The van der Waals surface area contributed by atoms with Crippen LogP contribution in [0.15, 0.2) is 0 Å². The van der Waals surface area contributed by atoms with Gasteiger partial charge in [-0.05, 0) is 40.3 Å². The number of hydrogen-bond acceptors (Lipinski definition) is 2. The molecule has 0 aliphatic carbocycles. The molecule has 72 valence electrons. The number of likely N-dealkylation sites (N-methyl/N-ethyl adjacent to an activating group) is 1. The van der Waals surface area contributed by atoms with E-state index < -0.39 is 0 Å². The van der Waals surface area contributed by atoms with E-state index in [0.717, 1.165) is 12.6 Å². The second-order valence-electron chi connectivity index (χ2n) is 4.60. The molecular formula is C10H22N2. The molecule has 2 heteroatoms. The molecule has 0 aromatic carbocycles. The number of rotatable bonds is 3. The smallest absolute Gasteiger partial charge is 0.0235 e. The van der Waals surface area contributed by atoms with Gasteiger partial charge in [0, 0.05) is 18.1 Å². The first-order valence-corrected chi connectivity index (χ1v) is 5.00. The van der Waals surface area contributed by atoms with Crippen molar-refractivity contribution >= 4 is 0 Å². The van der Waals surface area contributed by atoms with Gasteiger partial charge in [-0.3, -0.25) is 0 Å². The van der Waals surface area contributed by atoms with E-state index in [9.17, 15) is 0 Å². The SMILES string of the molecule is CCCN(C)C1CNC(C)(C)C1. The van der Waals surface area contributed by atoms with Crippen molar-refractivity contribution in [1.82, 2.24) is 10.2 Å². The van der Waals surface area contributed by atoms with E-state index in [0.29, 0.717) is 5.54 Å². The van der Waals surface area contributed by atoms with Gasteiger partial charge in [0.15, 0.2) is 0 Å². The first-order valence-electron chi connectivity index (χ1n) is 5.00. The third kappa shape index (κ3) is 2.46. The lowest BCUT2D eigenvalue weighted by Gasteiger charge is -2.24. The Balaban J connectivity index is 2.36. The maximum Gasteiger partial charge on any atom is 0.0235 e. The van der Waals surface area contributed by atoms with Crippen LogP contribution in [-0.2, 0) is 0 Å². The van der Waals surface area contributed by atoms with Gasteiger partial charge < -0.3 is 10.2 Å². The van der Waals surface area contributed by atoms with Crippen molar-refractivity contribution < 1.29 is 0 Å². The fourth-order valence-electron chi connectivity index (χ4n) is 1.97. The van der Waals surface area contributed by atoms with E-state index >= 15 is 0 Å². The summed E-state index contributed by atoms with van der Waals surface area (Å²) in [6.07, 6.45) is 2.54. The molecule has 0 aromatic heterocycles. The van der Waals surface area contributed by atoms with Crippen LogP contribution in [0, 0.1) is 0 Å². The summed E-state index contributed by atoms with van der Waals surface area (Å²) in [4.78, 5) is 2.47. The molecule has 0 bridgehead atoms. The second-order valence-corrected chi connectivity index (χ2v) is 4.60. The number of hydrogen-bond donors (Lipinski definition) is 1. The average Bonchev–Trinajstić information content (AvgIpc) is 2.31. The van der Waals surface area contributed by atoms with Gasteiger partial charge in [0.25, 0.3) is 0 Å². The van der Waals surface area contributed by atoms with Crippen molar-refractivity contribution in [3.05, 3.63) is 0 Å². The largest absolute Gasteiger partial charge is 0.310 e. The molecule has 0 spiro atoms. The minimum Gasteiger partial charge on any atom is -0.310 e. The number of nitrogens with zero attached hydrogens (tertiary/aromatic N) is 1. The Morgan fingerprint density at radius 2 is 2.17 bits per heavy atom. The van der Waals surface area contributed by atoms with Gasteiger partial charge in [0.05, 0.1) is 0 Å². The molecule has 1 N–H and O–H groups in total. The highest BCUT2D eigenvalue weighted by Gasteiger charge is 2.31. The Bertz CT molecular complexity index is 143. The van der Waals surface area contributed by atoms with Crippen molar-refractivity contribution in [2.75, 3.05) is 20.1 Å². The minimum absolute atomic E-state index is 0.354. The average molecular weight is 170 g/mol. The van der Waals surface area contributed by atoms with Gasteiger partial charge in [-0.15, -0.1) is 0 Å². The minimum atomic E-state index is 0.354. The van der Waals surface area contributed by atoms with Crippen LogP contribution < -0.4 is 5.32 Å². The molecule has 1 saturated heterocycles. The van der Waals surface area contributed by atoms with Crippen LogP contribution in [0.4, 0.5) is 0 Å². The number of nitrogens with one attached hydrogen (secondary N) is 1. The Labute approximate surface area is 76.3 Å². The van der Waals surface area contributed by atoms with E-state index in [2.05, 4.69) is 38.0 Å². The fraction of sp³-hybridized carbons (Fsp3) is 1.00. The van der Waals surface area contributed by atoms with Crippen molar-refractivity contribution in [2.24, 2.45) is 0 Å². The Hall–Kier alpha value is -0.0800. The van der Waals surface area contributed by atoms with Crippen LogP contribution in [-0.4, -0.2) is 36.6 Å². The lowest BCUT2D eigenvalue weighted by atomic mass is 10.0. The summed E-state index contributed by atoms with van der Waals surface area (Å²) >= 11 is 0. The zero-order valence-electron chi connectivity index (χ0n) is 8.85. The molecule has 1 rings (SSSR count). The molecule has 0 radical (unpaired) electrons. The molecule has 1 unspecified atom stereocenters. The van der Waals surface area contributed by atoms with E-state index in [-0.39, 0.29) is 0 Å². The third-order valence-electron chi connectivity index (χ3n) is 2.76. The molecule has 1 atom stereocenters. The standard InChI is InChI=1S/C10H22N2/c1-5-6-12(4)9-7-10(2,3)11-8-9/h9,11H,5-8H2,1-4H3. The molecule has 12 heavy (non-hydrogen) atoms. The molecule has 1 aliphatic heterocycles. The lowest BCUT2D eigenvalue weighted by Crippen LogP contribution is -2.33. The van der Waals surface area contributed by atoms with Crippen LogP contribution in [0.3, 0.4) is 0 Å². The molecule has 1 heterocycles. The lowest BCUT2D eigenvalue weighted by molar-refractivity contribution is 0.249. The summed E-state index contributed by atoms with van der Waals surface area (Å²) in [5, 5.41) is 3.54. The molecule has 2 nitrogen and oxygen atoms in total. The highest BCUT2D eigenvalue weighted by Crippen LogP contribution is 2.21. The predicted octanol–water partition coefficient (Wildman–Crippen LogP) is 1.47. The Kier molecular flexibility index (Phi) is 3.13. The quantitative estimate of drug-likeness (QED) is 0.690. The van der Waals surface area contributed by atoms with E-state index in [1.165, 1.54) is 19.4 Å². The van der Waals surface area contributed by atoms with Gasteiger partial charge in [-0.2, -0.15) is 0 Å². The summed E-state index contributed by atoms with van der Waals surface area (Å²) < 4.78 is 0. The van der Waals surface area contributed by atoms with Crippen LogP contribution in [0.5, 0.6) is 0 Å². The Morgan fingerprint density at radius 1 is 1.50 bits per heavy atom. The Morgan fingerprint density at radius 3 is 2.58 bits per heavy atom. The monoisotopic (exact) mass is 170 g/mol. The van der Waals surface area contributed by atoms with E-state index in [1.54, 1.807) is 0 Å². The van der Waals surface area contributed by atoms with Crippen LogP contribution in [0.2, 0.25) is 0 Å². The maximum atomic E-state index is 3.54. The highest BCUT2D eigenvalue weighted by atomic mass is 15.2. The molecule has 0 saturated carbocycles. The first kappa shape index (κ1) is 10.0. The van der Waals surface area contributed by atoms with Crippen molar-refractivity contribution in [3.8, 4) is 0 Å². The van der Waals surface area contributed by atoms with Crippen molar-refractivity contribution in [3.63, 3.8) is 0 Å². The van der Waals surface area contributed by atoms with Crippen LogP contribution >= 0.6 is 0 Å². The molecule has 0 amide bonds. The van der Waals surface area contributed by atoms with Gasteiger partial charge >= 0.3 is 0 Å². The molecule has 1 aliphatic rings. The van der Waals surface area contributed by atoms with Crippen LogP contribution in [0.25, 0.3) is 0 Å². The van der Waals surface area contributed by atoms with Crippen LogP contribution in [0.1, 0.15) is 33.6 Å². The zero-order chi connectivity index (χ0) is 9.19. The van der Waals surface area contributed by atoms with E-state index in [1.807, 2.05) is 0 Å². The van der Waals surface area contributed by atoms with Gasteiger partial charge in [0.2, 0.25) is 0 Å². The third-order valence-corrected chi connectivity index (χ3v) is 2.76. The van der Waals surface area contributed by atoms with Crippen molar-refractivity contribution in [2.45, 2.75) is 45.2 Å². The summed E-state index contributed by atoms with van der Waals surface area (Å²) in [6, 6.07) is 0.750. The molecular weight excluding hydrogens is 148 g/mol. The van der Waals surface area contributed by atoms with Gasteiger partial charge in [-0.1, -0.05) is 6.92 Å². The maximum absolute atomic E-state index is 3.54. The van der Waals surface area contributed by atoms with Crippen molar-refractivity contribution in [1.29, 1.82) is 0 Å². The highest BCUT2D eigenvalue weighted by molar-refractivity contribution is 4.93. The van der Waals surface area contributed by atoms with Gasteiger partial charge in [0.1, 0.15) is 0 Å². The molecule has 0 aromatic rings. The zero-order valence-corrected chi connectivity index (χ0v) is 8.85. The summed E-state index contributed by atoms with van der Waals surface area (Å²) in [5.74, 6) is 0.